The summed E-state index contributed by atoms with van der Waals surface area (Å²) in [6, 6.07) is 42.4. The monoisotopic (exact) mass is 879 g/mol. The topological polar surface area (TPSA) is 246 Å². The van der Waals surface area contributed by atoms with Gasteiger partial charge in [0.15, 0.2) is 29.7 Å². The SMILES string of the molecule is CS(=O)(=O)n1nnc2ccccc21.Cc1cccc(C(C#N)S(C)(=O)=O)c1.Cc1cccc(C(C)(C#N)S(C)(=O)=O)c1.Cc1cccc(CC#N)c1.c1ccc2n[nH]nc2c1. The number of fused-ring (bicyclic) bond motifs is 2. The van der Waals surface area contributed by atoms with Crippen molar-refractivity contribution in [1.82, 2.24) is 29.8 Å². The molecule has 1 N–H and O–H groups in total. The maximum Gasteiger partial charge on any atom is 0.252 e. The molecule has 2 atom stereocenters. The Morgan fingerprint density at radius 2 is 1.20 bits per heavy atom. The molecule has 0 saturated carbocycles. The fraction of sp³-hybridized carbons (Fsp3) is 0.233. The van der Waals surface area contributed by atoms with Gasteiger partial charge in [0.25, 0.3) is 10.0 Å². The zero-order valence-corrected chi connectivity index (χ0v) is 37.0. The minimum absolute atomic E-state index is 0.505. The van der Waals surface area contributed by atoms with E-state index in [2.05, 4.69) is 31.8 Å². The van der Waals surface area contributed by atoms with E-state index in [1.165, 1.54) is 12.5 Å². The zero-order chi connectivity index (χ0) is 45.4. The van der Waals surface area contributed by atoms with Crippen molar-refractivity contribution in [1.29, 1.82) is 15.8 Å². The van der Waals surface area contributed by atoms with Crippen LogP contribution in [0.1, 0.15) is 45.6 Å². The molecule has 0 radical (unpaired) electrons. The van der Waals surface area contributed by atoms with Crippen molar-refractivity contribution < 1.29 is 25.3 Å². The van der Waals surface area contributed by atoms with Crippen LogP contribution >= 0.6 is 0 Å². The van der Waals surface area contributed by atoms with Crippen LogP contribution in [0.3, 0.4) is 0 Å². The molecule has 0 amide bonds. The molecule has 7 aromatic rings. The molecule has 0 bridgehead atoms. The Morgan fingerprint density at radius 1 is 0.672 bits per heavy atom. The number of benzene rings is 5. The minimum Gasteiger partial charge on any atom is -0.227 e. The summed E-state index contributed by atoms with van der Waals surface area (Å²) in [6.45, 7) is 7.18. The highest BCUT2D eigenvalue weighted by Crippen LogP contribution is 2.29. The molecule has 2 heterocycles. The number of aromatic amines is 1. The van der Waals surface area contributed by atoms with Crippen molar-refractivity contribution in [2.24, 2.45) is 0 Å². The predicted molar refractivity (Wildman–Crippen MR) is 236 cm³/mol. The van der Waals surface area contributed by atoms with Gasteiger partial charge >= 0.3 is 0 Å². The first-order valence-electron chi connectivity index (χ1n) is 18.2. The maximum atomic E-state index is 11.6. The maximum absolute atomic E-state index is 11.6. The molecular formula is C43H45N9O6S3. The Balaban J connectivity index is 0.000000205. The summed E-state index contributed by atoms with van der Waals surface area (Å²) < 4.78 is 67.4. The molecule has 0 aliphatic heterocycles. The largest absolute Gasteiger partial charge is 0.252 e. The number of nitriles is 3. The number of H-pyrrole nitrogens is 1. The van der Waals surface area contributed by atoms with Gasteiger partial charge in [-0.05, 0) is 68.7 Å². The van der Waals surface area contributed by atoms with E-state index in [4.69, 9.17) is 15.8 Å². The number of nitrogens with one attached hydrogen (secondary N) is 1. The molecular weight excluding hydrogens is 835 g/mol. The van der Waals surface area contributed by atoms with E-state index in [-0.39, 0.29) is 0 Å². The first kappa shape index (κ1) is 48.6. The van der Waals surface area contributed by atoms with Crippen LogP contribution in [0, 0.1) is 54.8 Å². The molecule has 0 saturated heterocycles. The summed E-state index contributed by atoms with van der Waals surface area (Å²) in [5.74, 6) is 0. The number of aromatic nitrogens is 6. The Hall–Kier alpha value is -6.78. The van der Waals surface area contributed by atoms with Gasteiger partial charge in [-0.3, -0.25) is 0 Å². The van der Waals surface area contributed by atoms with Gasteiger partial charge in [-0.15, -0.1) is 9.19 Å². The lowest BCUT2D eigenvalue weighted by Gasteiger charge is -2.20. The highest BCUT2D eigenvalue weighted by Gasteiger charge is 2.37. The fourth-order valence-electron chi connectivity index (χ4n) is 5.35. The van der Waals surface area contributed by atoms with Crippen LogP contribution in [0.25, 0.3) is 22.1 Å². The van der Waals surface area contributed by atoms with E-state index in [1.54, 1.807) is 66.7 Å². The highest BCUT2D eigenvalue weighted by atomic mass is 32.2. The van der Waals surface area contributed by atoms with Gasteiger partial charge in [0.05, 0.1) is 30.9 Å². The lowest BCUT2D eigenvalue weighted by Crippen LogP contribution is -2.30. The number of hydrogen-bond acceptors (Lipinski definition) is 13. The van der Waals surface area contributed by atoms with Crippen molar-refractivity contribution >= 4 is 51.8 Å². The van der Waals surface area contributed by atoms with Crippen LogP contribution in [0.2, 0.25) is 0 Å². The second-order valence-electron chi connectivity index (χ2n) is 13.9. The van der Waals surface area contributed by atoms with Crippen molar-refractivity contribution in [2.45, 2.75) is 44.1 Å². The quantitative estimate of drug-likeness (QED) is 0.184. The fourth-order valence-corrected chi connectivity index (χ4v) is 7.58. The summed E-state index contributed by atoms with van der Waals surface area (Å²) in [6.07, 6.45) is 3.76. The van der Waals surface area contributed by atoms with E-state index in [1.807, 2.05) is 87.5 Å². The summed E-state index contributed by atoms with van der Waals surface area (Å²) >= 11 is 0. The smallest absolute Gasteiger partial charge is 0.227 e. The second-order valence-corrected chi connectivity index (χ2v) is 20.2. The Bertz CT molecular complexity index is 3020. The Kier molecular flexibility index (Phi) is 17.1. The van der Waals surface area contributed by atoms with Crippen molar-refractivity contribution in [3.05, 3.63) is 155 Å². The van der Waals surface area contributed by atoms with Gasteiger partial charge in [0.1, 0.15) is 22.1 Å². The predicted octanol–water partition coefficient (Wildman–Crippen LogP) is 6.64. The standard InChI is InChI=1S/C11H13NO2S.C10H11NO2S.C9H9N.C7H7N3O2S.C6H5N3/c1-9-5-4-6-10(7-9)11(2,8-12)15(3,13)14;1-8-4-3-5-9(6-8)10(7-11)14(2,12)13;1-8-3-2-4-9(7-8)5-6-10;1-13(11,12)10-7-5-3-2-4-6(7)8-9-10;1-2-4-6-5(3-1)7-9-8-6/h4-7H,1-3H3;3-6,10H,1-2H3;2-4,7H,5H2,1H3;2-5H,1H3;1-4H,(H,7,8,9). The molecule has 15 nitrogen and oxygen atoms in total. The van der Waals surface area contributed by atoms with Crippen LogP contribution in [0.15, 0.2) is 121 Å². The molecule has 2 unspecified atom stereocenters. The van der Waals surface area contributed by atoms with Crippen molar-refractivity contribution in [2.75, 3.05) is 18.8 Å². The van der Waals surface area contributed by atoms with Gasteiger partial charge < -0.3 is 0 Å². The Labute approximate surface area is 356 Å². The lowest BCUT2D eigenvalue weighted by atomic mass is 10.00. The highest BCUT2D eigenvalue weighted by molar-refractivity contribution is 7.92. The molecule has 61 heavy (non-hydrogen) atoms. The lowest BCUT2D eigenvalue weighted by molar-refractivity contribution is 0.577. The van der Waals surface area contributed by atoms with Crippen LogP contribution in [0.5, 0.6) is 0 Å². The summed E-state index contributed by atoms with van der Waals surface area (Å²) in [5, 5.41) is 42.7. The molecule has 0 aliphatic rings. The van der Waals surface area contributed by atoms with Crippen LogP contribution < -0.4 is 0 Å². The summed E-state index contributed by atoms with van der Waals surface area (Å²) in [4.78, 5) is 0. The van der Waals surface area contributed by atoms with Crippen LogP contribution in [-0.2, 0) is 40.9 Å². The van der Waals surface area contributed by atoms with Gasteiger partial charge in [-0.1, -0.05) is 119 Å². The van der Waals surface area contributed by atoms with Gasteiger partial charge in [-0.2, -0.15) is 31.2 Å². The molecule has 316 valence electrons. The van der Waals surface area contributed by atoms with Gasteiger partial charge in [0, 0.05) is 12.5 Å². The Morgan fingerprint density at radius 3 is 1.67 bits per heavy atom. The van der Waals surface area contributed by atoms with E-state index >= 15 is 0 Å². The normalized spacial score (nSPS) is 12.3. The third-order valence-electron chi connectivity index (χ3n) is 8.64. The van der Waals surface area contributed by atoms with Gasteiger partial charge in [-0.25, -0.2) is 25.3 Å². The molecule has 5 aromatic carbocycles. The zero-order valence-electron chi connectivity index (χ0n) is 34.6. The van der Waals surface area contributed by atoms with E-state index in [0.29, 0.717) is 28.6 Å². The van der Waals surface area contributed by atoms with Crippen LogP contribution in [0.4, 0.5) is 0 Å². The average Bonchev–Trinajstić information content (AvgIpc) is 3.86. The number of rotatable bonds is 6. The minimum atomic E-state index is -3.45. The van der Waals surface area contributed by atoms with Crippen LogP contribution in [-0.4, -0.2) is 73.8 Å². The third kappa shape index (κ3) is 14.2. The number of sulfone groups is 2. The van der Waals surface area contributed by atoms with Crippen molar-refractivity contribution in [3.63, 3.8) is 0 Å². The second kappa shape index (κ2) is 21.5. The molecule has 0 spiro atoms. The number of nitrogens with zero attached hydrogens (tertiary/aromatic N) is 8. The first-order valence-corrected chi connectivity index (χ1v) is 23.9. The summed E-state index contributed by atoms with van der Waals surface area (Å²) in [5.41, 5.74) is 8.18. The molecule has 0 aliphatic carbocycles. The van der Waals surface area contributed by atoms with E-state index in [9.17, 15) is 25.3 Å². The third-order valence-corrected chi connectivity index (χ3v) is 12.6. The molecule has 0 fully saturated rings. The number of hydrogen-bond donors (Lipinski definition) is 1. The molecule has 7 rings (SSSR count). The first-order chi connectivity index (χ1) is 28.6. The van der Waals surface area contributed by atoms with Crippen molar-refractivity contribution in [3.8, 4) is 18.2 Å². The average molecular weight is 880 g/mol. The number of aryl methyl sites for hydroxylation is 3. The molecule has 18 heteroatoms. The van der Waals surface area contributed by atoms with Gasteiger partial charge in [0.2, 0.25) is 0 Å². The summed E-state index contributed by atoms with van der Waals surface area (Å²) in [7, 11) is -10.1. The molecule has 2 aromatic heterocycles. The van der Waals surface area contributed by atoms with E-state index < -0.39 is 39.7 Å². The van der Waals surface area contributed by atoms with E-state index in [0.717, 1.165) is 50.6 Å². The number of para-hydroxylation sites is 3.